The first-order chi connectivity index (χ1) is 6.50. The molecule has 0 unspecified atom stereocenters. The number of sulfonamides is 1. The molecule has 0 fully saturated rings. The summed E-state index contributed by atoms with van der Waals surface area (Å²) in [5.41, 5.74) is 5.37. The average molecular weight is 220 g/mol. The maximum absolute atomic E-state index is 11.7. The number of nitrogens with one attached hydrogen (secondary N) is 1. The fraction of sp³-hybridized carbons (Fsp3) is 0.500. The van der Waals surface area contributed by atoms with Crippen LogP contribution in [0.2, 0.25) is 0 Å². The van der Waals surface area contributed by atoms with Crippen LogP contribution in [0.5, 0.6) is 0 Å². The summed E-state index contributed by atoms with van der Waals surface area (Å²) in [6.45, 7) is -0.222. The lowest BCUT2D eigenvalue weighted by atomic mass is 10.7. The van der Waals surface area contributed by atoms with Crippen molar-refractivity contribution in [2.45, 2.75) is 4.90 Å². The van der Waals surface area contributed by atoms with Crippen molar-refractivity contribution in [3.63, 3.8) is 0 Å². The van der Waals surface area contributed by atoms with Crippen LogP contribution < -0.4 is 5.73 Å². The molecule has 0 radical (unpaired) electrons. The Morgan fingerprint density at radius 2 is 2.36 bits per heavy atom. The van der Waals surface area contributed by atoms with Gasteiger partial charge in [-0.15, -0.1) is 0 Å². The molecule has 0 bridgehead atoms. The highest BCUT2D eigenvalue weighted by atomic mass is 32.2. The molecule has 0 aliphatic carbocycles. The summed E-state index contributed by atoms with van der Waals surface area (Å²) in [7, 11) is -2.27. The number of likely N-dealkylation sites (N-methyl/N-ethyl adjacent to an activating group) is 1. The Labute approximate surface area is 81.6 Å². The van der Waals surface area contributed by atoms with Crippen LogP contribution in [0.4, 0.5) is 5.82 Å². The first-order valence-corrected chi connectivity index (χ1v) is 5.30. The summed E-state index contributed by atoms with van der Waals surface area (Å²) in [6.07, 6.45) is 1.14. The molecule has 1 heterocycles. The zero-order chi connectivity index (χ0) is 10.8. The van der Waals surface area contributed by atoms with Crippen LogP contribution in [0.15, 0.2) is 11.1 Å². The van der Waals surface area contributed by atoms with Gasteiger partial charge in [0.05, 0.1) is 12.8 Å². The molecule has 0 atom stereocenters. The second-order valence-electron chi connectivity index (χ2n) is 2.70. The van der Waals surface area contributed by atoms with Crippen molar-refractivity contribution in [2.75, 3.05) is 25.9 Å². The number of nitrogens with zero attached hydrogens (tertiary/aromatic N) is 2. The van der Waals surface area contributed by atoms with E-state index >= 15 is 0 Å². The van der Waals surface area contributed by atoms with Gasteiger partial charge in [-0.2, -0.15) is 9.40 Å². The van der Waals surface area contributed by atoms with Gasteiger partial charge < -0.3 is 10.8 Å². The number of hydrogen-bond donors (Lipinski definition) is 3. The highest BCUT2D eigenvalue weighted by molar-refractivity contribution is 7.89. The Kier molecular flexibility index (Phi) is 3.09. The van der Waals surface area contributed by atoms with E-state index in [1.165, 1.54) is 7.05 Å². The van der Waals surface area contributed by atoms with Crippen molar-refractivity contribution in [3.8, 4) is 0 Å². The molecular formula is C6H12N4O3S. The molecule has 8 heteroatoms. The first kappa shape index (κ1) is 11.0. The predicted octanol–water partition coefficient (Wildman–Crippen LogP) is -1.40. The molecule has 0 aliphatic heterocycles. The van der Waals surface area contributed by atoms with Crippen LogP contribution in [-0.4, -0.2) is 48.2 Å². The lowest BCUT2D eigenvalue weighted by Gasteiger charge is -2.14. The predicted molar refractivity (Wildman–Crippen MR) is 49.9 cm³/mol. The fourth-order valence-electron chi connectivity index (χ4n) is 0.920. The fourth-order valence-corrected chi connectivity index (χ4v) is 2.09. The number of rotatable bonds is 4. The lowest BCUT2D eigenvalue weighted by molar-refractivity contribution is 0.266. The third kappa shape index (κ3) is 1.86. The van der Waals surface area contributed by atoms with Gasteiger partial charge >= 0.3 is 0 Å². The topological polar surface area (TPSA) is 112 Å². The van der Waals surface area contributed by atoms with Gasteiger partial charge in [0.25, 0.3) is 0 Å². The second kappa shape index (κ2) is 3.95. The van der Waals surface area contributed by atoms with E-state index in [0.717, 1.165) is 10.5 Å². The molecule has 1 rings (SSSR count). The molecular weight excluding hydrogens is 208 g/mol. The van der Waals surface area contributed by atoms with E-state index in [4.69, 9.17) is 10.8 Å². The first-order valence-electron chi connectivity index (χ1n) is 3.86. The van der Waals surface area contributed by atoms with Gasteiger partial charge in [-0.25, -0.2) is 8.42 Å². The molecule has 0 aromatic carbocycles. The minimum Gasteiger partial charge on any atom is -0.395 e. The van der Waals surface area contributed by atoms with Gasteiger partial charge in [0, 0.05) is 13.6 Å². The second-order valence-corrected chi connectivity index (χ2v) is 4.71. The minimum atomic E-state index is -3.63. The molecule has 0 saturated heterocycles. The summed E-state index contributed by atoms with van der Waals surface area (Å²) in [4.78, 5) is -0.0755. The molecule has 80 valence electrons. The number of aliphatic hydroxyl groups is 1. The van der Waals surface area contributed by atoms with E-state index in [1.807, 2.05) is 0 Å². The van der Waals surface area contributed by atoms with Crippen LogP contribution in [0.1, 0.15) is 0 Å². The number of H-pyrrole nitrogens is 1. The van der Waals surface area contributed by atoms with E-state index < -0.39 is 10.0 Å². The molecule has 0 spiro atoms. The number of aromatic amines is 1. The van der Waals surface area contributed by atoms with Crippen molar-refractivity contribution in [1.82, 2.24) is 14.5 Å². The molecule has 14 heavy (non-hydrogen) atoms. The zero-order valence-corrected chi connectivity index (χ0v) is 8.45. The van der Waals surface area contributed by atoms with Crippen LogP contribution in [0.3, 0.4) is 0 Å². The molecule has 0 saturated carbocycles. The van der Waals surface area contributed by atoms with Crippen molar-refractivity contribution in [1.29, 1.82) is 0 Å². The van der Waals surface area contributed by atoms with Gasteiger partial charge in [-0.05, 0) is 0 Å². The molecule has 1 aromatic heterocycles. The zero-order valence-electron chi connectivity index (χ0n) is 7.64. The summed E-state index contributed by atoms with van der Waals surface area (Å²) in [6, 6.07) is 0. The third-order valence-electron chi connectivity index (χ3n) is 1.74. The molecule has 0 aliphatic rings. The summed E-state index contributed by atoms with van der Waals surface area (Å²) < 4.78 is 24.4. The smallest absolute Gasteiger partial charge is 0.248 e. The SMILES string of the molecule is CN(CCO)S(=O)(=O)c1cn[nH]c1N. The van der Waals surface area contributed by atoms with Crippen LogP contribution >= 0.6 is 0 Å². The van der Waals surface area contributed by atoms with E-state index in [0.29, 0.717) is 0 Å². The van der Waals surface area contributed by atoms with Crippen LogP contribution in [-0.2, 0) is 10.0 Å². The van der Waals surface area contributed by atoms with Crippen molar-refractivity contribution in [2.24, 2.45) is 0 Å². The van der Waals surface area contributed by atoms with Gasteiger partial charge in [0.2, 0.25) is 10.0 Å². The van der Waals surface area contributed by atoms with Gasteiger partial charge in [0.15, 0.2) is 0 Å². The number of hydrogen-bond acceptors (Lipinski definition) is 5. The quantitative estimate of drug-likeness (QED) is 0.578. The van der Waals surface area contributed by atoms with E-state index in [9.17, 15) is 8.42 Å². The van der Waals surface area contributed by atoms with E-state index in [1.54, 1.807) is 0 Å². The number of nitrogen functional groups attached to an aromatic ring is 1. The van der Waals surface area contributed by atoms with Crippen LogP contribution in [0, 0.1) is 0 Å². The summed E-state index contributed by atoms with van der Waals surface area (Å²) in [5, 5.41) is 14.4. The number of aromatic nitrogens is 2. The monoisotopic (exact) mass is 220 g/mol. The van der Waals surface area contributed by atoms with Gasteiger partial charge in [-0.1, -0.05) is 0 Å². The largest absolute Gasteiger partial charge is 0.395 e. The van der Waals surface area contributed by atoms with E-state index in [2.05, 4.69) is 10.2 Å². The lowest BCUT2D eigenvalue weighted by Crippen LogP contribution is -2.29. The molecule has 7 nitrogen and oxygen atoms in total. The highest BCUT2D eigenvalue weighted by Gasteiger charge is 2.24. The maximum Gasteiger partial charge on any atom is 0.248 e. The standard InChI is InChI=1S/C6H12N4O3S/c1-10(2-3-11)14(12,13)5-4-8-9-6(5)7/h4,11H,2-3H2,1H3,(H3,7,8,9). The summed E-state index contributed by atoms with van der Waals surface area (Å²) in [5.74, 6) is -0.00482. The molecule has 0 amide bonds. The van der Waals surface area contributed by atoms with E-state index in [-0.39, 0.29) is 23.9 Å². The third-order valence-corrected chi connectivity index (χ3v) is 3.62. The average Bonchev–Trinajstić information content (AvgIpc) is 2.52. The normalized spacial score (nSPS) is 12.2. The Morgan fingerprint density at radius 1 is 1.71 bits per heavy atom. The van der Waals surface area contributed by atoms with Gasteiger partial charge in [-0.3, -0.25) is 5.10 Å². The Bertz CT molecular complexity index is 399. The summed E-state index contributed by atoms with van der Waals surface area (Å²) >= 11 is 0. The Balaban J connectivity index is 3.03. The Hall–Kier alpha value is -1.12. The van der Waals surface area contributed by atoms with Crippen molar-refractivity contribution >= 4 is 15.8 Å². The number of nitrogens with two attached hydrogens (primary N) is 1. The van der Waals surface area contributed by atoms with Crippen molar-refractivity contribution < 1.29 is 13.5 Å². The Morgan fingerprint density at radius 3 is 2.79 bits per heavy atom. The number of anilines is 1. The van der Waals surface area contributed by atoms with Crippen LogP contribution in [0.25, 0.3) is 0 Å². The number of aliphatic hydroxyl groups excluding tert-OH is 1. The van der Waals surface area contributed by atoms with Gasteiger partial charge in [0.1, 0.15) is 10.7 Å². The molecule has 1 aromatic rings. The van der Waals surface area contributed by atoms with Crippen molar-refractivity contribution in [3.05, 3.63) is 6.20 Å². The maximum atomic E-state index is 11.7. The molecule has 4 N–H and O–H groups in total. The highest BCUT2D eigenvalue weighted by Crippen LogP contribution is 2.17. The minimum absolute atomic E-state index is 0.00482.